The second-order valence-corrected chi connectivity index (χ2v) is 17.0. The normalized spacial score (nSPS) is 26.2. The number of likely N-dealkylation sites (tertiary alicyclic amines) is 1. The number of nitrogens with zero attached hydrogens (tertiary/aromatic N) is 3. The first-order chi connectivity index (χ1) is 24.6. The molecular formula is C42H59N3O7. The number of hydrogen-bond acceptors (Lipinski definition) is 9. The van der Waals surface area contributed by atoms with Crippen molar-refractivity contribution in [2.75, 3.05) is 13.7 Å². The maximum atomic E-state index is 14.8. The highest BCUT2D eigenvalue weighted by Gasteiger charge is 2.53. The summed E-state index contributed by atoms with van der Waals surface area (Å²) in [7, 11) is 1.59. The third-order valence-electron chi connectivity index (χ3n) is 11.3. The van der Waals surface area contributed by atoms with Crippen molar-refractivity contribution in [3.63, 3.8) is 0 Å². The third kappa shape index (κ3) is 8.63. The molecule has 1 aromatic carbocycles. The Bertz CT molecular complexity index is 1640. The number of methoxy groups -OCH3 is 1. The van der Waals surface area contributed by atoms with E-state index in [0.717, 1.165) is 32.1 Å². The SMILES string of the molecule is C=CCCC[C@@H]1[C@@H]2CC[C@@H](C2)[C@H]1OC(=O)C[C@H](C(=O)N1C[C@H](Oc2nc3cc(OC)ccc3nc2C=C)[C@@H](CC)[C@H]1C(=O)OC(C)(C)C)C(C)(C)C. The van der Waals surface area contributed by atoms with Crippen LogP contribution in [0.25, 0.3) is 17.1 Å². The van der Waals surface area contributed by atoms with E-state index in [9.17, 15) is 14.4 Å². The lowest BCUT2D eigenvalue weighted by Gasteiger charge is -2.36. The molecular weight excluding hydrogens is 658 g/mol. The Kier molecular flexibility index (Phi) is 12.1. The van der Waals surface area contributed by atoms with E-state index in [2.05, 4.69) is 13.2 Å². The van der Waals surface area contributed by atoms with Crippen LogP contribution in [0, 0.1) is 35.0 Å². The summed E-state index contributed by atoms with van der Waals surface area (Å²) >= 11 is 0. The second-order valence-electron chi connectivity index (χ2n) is 17.0. The van der Waals surface area contributed by atoms with Crippen molar-refractivity contribution < 1.29 is 33.3 Å². The molecule has 1 amide bonds. The van der Waals surface area contributed by atoms with E-state index in [1.165, 1.54) is 6.42 Å². The Balaban J connectivity index is 1.42. The van der Waals surface area contributed by atoms with Crippen molar-refractivity contribution in [1.29, 1.82) is 0 Å². The fourth-order valence-corrected chi connectivity index (χ4v) is 8.67. The standard InChI is InChI=1S/C42H59N3O7/c1-11-14-15-16-29-25-17-18-26(21-25)37(29)51-35(46)23-30(41(4,5)6)39(47)45-24-34(28(12-2)36(45)40(48)52-42(7,8)9)50-38-31(13-3)43-32-20-19-27(49-10)22-33(32)44-38/h11,13,19-20,22,25-26,28-30,34,36-37H,1,3,12,14-18,21,23-24H2,2,4-10H3/t25-,26+,28-,29-,30-,34+,36+,37-/m1/s1. The summed E-state index contributed by atoms with van der Waals surface area (Å²) in [6.45, 7) is 21.2. The molecule has 52 heavy (non-hydrogen) atoms. The van der Waals surface area contributed by atoms with Gasteiger partial charge in [-0.05, 0) is 107 Å². The molecule has 1 saturated heterocycles. The van der Waals surface area contributed by atoms with E-state index in [1.807, 2.05) is 66.7 Å². The number of aromatic nitrogens is 2. The van der Waals surface area contributed by atoms with E-state index in [0.29, 0.717) is 46.7 Å². The van der Waals surface area contributed by atoms with Crippen molar-refractivity contribution in [2.45, 2.75) is 124 Å². The molecule has 284 valence electrons. The molecule has 10 nitrogen and oxygen atoms in total. The molecule has 0 unspecified atom stereocenters. The molecule has 3 fully saturated rings. The number of benzene rings is 1. The maximum Gasteiger partial charge on any atom is 0.329 e. The van der Waals surface area contributed by atoms with Crippen LogP contribution in [0.3, 0.4) is 0 Å². The summed E-state index contributed by atoms with van der Waals surface area (Å²) in [4.78, 5) is 53.7. The Morgan fingerprint density at radius 1 is 1.02 bits per heavy atom. The van der Waals surface area contributed by atoms with Crippen LogP contribution in [0.2, 0.25) is 0 Å². The highest BCUT2D eigenvalue weighted by atomic mass is 16.6. The van der Waals surface area contributed by atoms with Gasteiger partial charge in [-0.15, -0.1) is 6.58 Å². The number of rotatable bonds is 14. The van der Waals surface area contributed by atoms with Gasteiger partial charge in [0.05, 0.1) is 37.0 Å². The molecule has 5 rings (SSSR count). The van der Waals surface area contributed by atoms with Crippen LogP contribution in [0.1, 0.15) is 106 Å². The number of unbranched alkanes of at least 4 members (excludes halogenated alkanes) is 1. The minimum atomic E-state index is -0.928. The smallest absolute Gasteiger partial charge is 0.329 e. The van der Waals surface area contributed by atoms with Gasteiger partial charge in [0.15, 0.2) is 0 Å². The summed E-state index contributed by atoms with van der Waals surface area (Å²) < 4.78 is 24.2. The molecule has 3 aliphatic rings. The molecule has 0 radical (unpaired) electrons. The predicted octanol–water partition coefficient (Wildman–Crippen LogP) is 7.97. The topological polar surface area (TPSA) is 117 Å². The lowest BCUT2D eigenvalue weighted by atomic mass is 9.77. The Morgan fingerprint density at radius 2 is 1.75 bits per heavy atom. The minimum absolute atomic E-state index is 0.0754. The van der Waals surface area contributed by atoms with Gasteiger partial charge < -0.3 is 23.8 Å². The zero-order valence-corrected chi connectivity index (χ0v) is 32.5. The molecule has 0 N–H and O–H groups in total. The van der Waals surface area contributed by atoms with Gasteiger partial charge in [-0.25, -0.2) is 14.8 Å². The number of fused-ring (bicyclic) bond motifs is 3. The number of amides is 1. The summed E-state index contributed by atoms with van der Waals surface area (Å²) in [5.74, 6) is -0.114. The van der Waals surface area contributed by atoms with Crippen LogP contribution in [0.15, 0.2) is 37.4 Å². The van der Waals surface area contributed by atoms with Crippen molar-refractivity contribution in [1.82, 2.24) is 14.9 Å². The zero-order chi connectivity index (χ0) is 38.0. The molecule has 2 aliphatic carbocycles. The van der Waals surface area contributed by atoms with Crippen LogP contribution in [0.5, 0.6) is 11.6 Å². The number of hydrogen-bond donors (Lipinski definition) is 0. The number of carbonyl (C=O) groups excluding carboxylic acids is 3. The van der Waals surface area contributed by atoms with Crippen LogP contribution < -0.4 is 9.47 Å². The monoisotopic (exact) mass is 717 g/mol. The van der Waals surface area contributed by atoms with Gasteiger partial charge >= 0.3 is 11.9 Å². The van der Waals surface area contributed by atoms with E-state index in [4.69, 9.17) is 28.9 Å². The molecule has 0 spiro atoms. The van der Waals surface area contributed by atoms with Gasteiger partial charge in [0.2, 0.25) is 11.8 Å². The zero-order valence-electron chi connectivity index (χ0n) is 32.5. The third-order valence-corrected chi connectivity index (χ3v) is 11.3. The average Bonchev–Trinajstić information content (AvgIpc) is 3.79. The number of carbonyl (C=O) groups is 3. The first-order valence-corrected chi connectivity index (χ1v) is 19.1. The van der Waals surface area contributed by atoms with E-state index >= 15 is 0 Å². The molecule has 2 saturated carbocycles. The van der Waals surface area contributed by atoms with Gasteiger partial charge in [-0.3, -0.25) is 9.59 Å². The average molecular weight is 718 g/mol. The van der Waals surface area contributed by atoms with E-state index in [1.54, 1.807) is 24.2 Å². The molecule has 10 heteroatoms. The summed E-state index contributed by atoms with van der Waals surface area (Å²) in [5.41, 5.74) is 0.292. The largest absolute Gasteiger partial charge is 0.497 e. The van der Waals surface area contributed by atoms with Gasteiger partial charge in [-0.1, -0.05) is 40.3 Å². The van der Waals surface area contributed by atoms with Crippen LogP contribution >= 0.6 is 0 Å². The number of ether oxygens (including phenoxy) is 4. The molecule has 2 heterocycles. The van der Waals surface area contributed by atoms with Gasteiger partial charge in [0.1, 0.15) is 35.3 Å². The van der Waals surface area contributed by atoms with Gasteiger partial charge in [0.25, 0.3) is 0 Å². The Hall–Kier alpha value is -3.95. The van der Waals surface area contributed by atoms with E-state index in [-0.39, 0.29) is 36.8 Å². The lowest BCUT2D eigenvalue weighted by molar-refractivity contribution is -0.167. The molecule has 1 aliphatic heterocycles. The van der Waals surface area contributed by atoms with Crippen LogP contribution in [-0.4, -0.2) is 70.2 Å². The first kappa shape index (κ1) is 39.3. The van der Waals surface area contributed by atoms with Crippen molar-refractivity contribution in [2.24, 2.45) is 35.0 Å². The Labute approximate surface area is 309 Å². The van der Waals surface area contributed by atoms with E-state index < -0.39 is 41.0 Å². The number of esters is 2. The van der Waals surface area contributed by atoms with Gasteiger partial charge in [0, 0.05) is 12.0 Å². The van der Waals surface area contributed by atoms with Crippen molar-refractivity contribution >= 4 is 35.0 Å². The quantitative estimate of drug-likeness (QED) is 0.109. The fraction of sp³-hybridized carbons (Fsp3) is 0.643. The first-order valence-electron chi connectivity index (χ1n) is 19.1. The second kappa shape index (κ2) is 16.0. The number of allylic oxidation sites excluding steroid dienone is 1. The Morgan fingerprint density at radius 3 is 2.38 bits per heavy atom. The molecule has 8 atom stereocenters. The minimum Gasteiger partial charge on any atom is -0.497 e. The molecule has 1 aromatic heterocycles. The summed E-state index contributed by atoms with van der Waals surface area (Å²) in [6, 6.07) is 4.48. The van der Waals surface area contributed by atoms with Crippen molar-refractivity contribution in [3.8, 4) is 11.6 Å². The van der Waals surface area contributed by atoms with Crippen LogP contribution in [0.4, 0.5) is 0 Å². The predicted molar refractivity (Wildman–Crippen MR) is 202 cm³/mol. The van der Waals surface area contributed by atoms with Crippen molar-refractivity contribution in [3.05, 3.63) is 43.1 Å². The molecule has 2 bridgehead atoms. The summed E-state index contributed by atoms with van der Waals surface area (Å²) in [6.07, 6.45) is 9.62. The molecule has 2 aromatic rings. The maximum absolute atomic E-state index is 14.8. The van der Waals surface area contributed by atoms with Crippen LogP contribution in [-0.2, 0) is 23.9 Å². The van der Waals surface area contributed by atoms with Gasteiger partial charge in [-0.2, -0.15) is 0 Å². The lowest BCUT2D eigenvalue weighted by Crippen LogP contribution is -2.50. The highest BCUT2D eigenvalue weighted by molar-refractivity contribution is 5.90. The highest BCUT2D eigenvalue weighted by Crippen LogP contribution is 2.52. The summed E-state index contributed by atoms with van der Waals surface area (Å²) in [5, 5.41) is 0. The fourth-order valence-electron chi connectivity index (χ4n) is 8.67.